The van der Waals surface area contributed by atoms with Crippen molar-refractivity contribution < 1.29 is 4.74 Å². The summed E-state index contributed by atoms with van der Waals surface area (Å²) in [7, 11) is 0. The molecule has 2 unspecified atom stereocenters. The number of halogens is 1. The number of nitrogens with zero attached hydrogens (tertiary/aromatic N) is 1. The Morgan fingerprint density at radius 3 is 2.89 bits per heavy atom. The first kappa shape index (κ1) is 13.4. The largest absolute Gasteiger partial charge is 0.379 e. The second-order valence-electron chi connectivity index (χ2n) is 5.30. The van der Waals surface area contributed by atoms with Crippen LogP contribution in [0.5, 0.6) is 0 Å². The van der Waals surface area contributed by atoms with Crippen LogP contribution in [0.1, 0.15) is 17.2 Å². The number of nitrogens with one attached hydrogen (secondary N) is 1. The number of alkyl halides is 1. The molecule has 1 heterocycles. The van der Waals surface area contributed by atoms with Gasteiger partial charge in [0.15, 0.2) is 0 Å². The van der Waals surface area contributed by atoms with Gasteiger partial charge in [-0.25, -0.2) is 0 Å². The molecule has 1 N–H and O–H groups in total. The SMILES string of the molecule is ClC1Cc2ccccc2C1NCCN1CCOCC1. The third-order valence-corrected chi connectivity index (χ3v) is 4.47. The van der Waals surface area contributed by atoms with Gasteiger partial charge in [-0.1, -0.05) is 24.3 Å². The van der Waals surface area contributed by atoms with Crippen molar-refractivity contribution >= 4 is 11.6 Å². The van der Waals surface area contributed by atoms with Crippen LogP contribution in [-0.4, -0.2) is 49.7 Å². The summed E-state index contributed by atoms with van der Waals surface area (Å²) in [6.07, 6.45) is 0.979. The summed E-state index contributed by atoms with van der Waals surface area (Å²) >= 11 is 6.47. The summed E-state index contributed by atoms with van der Waals surface area (Å²) in [5.41, 5.74) is 2.77. The van der Waals surface area contributed by atoms with Crippen molar-refractivity contribution in [2.24, 2.45) is 0 Å². The Hall–Kier alpha value is -0.610. The lowest BCUT2D eigenvalue weighted by atomic mass is 10.1. The lowest BCUT2D eigenvalue weighted by molar-refractivity contribution is 0.0381. The van der Waals surface area contributed by atoms with Crippen LogP contribution in [0.25, 0.3) is 0 Å². The highest BCUT2D eigenvalue weighted by Gasteiger charge is 2.30. The lowest BCUT2D eigenvalue weighted by Gasteiger charge is -2.27. The Kier molecular flexibility index (Phi) is 4.38. The fourth-order valence-electron chi connectivity index (χ4n) is 2.99. The van der Waals surface area contributed by atoms with Gasteiger partial charge in [0.05, 0.1) is 18.6 Å². The minimum Gasteiger partial charge on any atom is -0.379 e. The van der Waals surface area contributed by atoms with E-state index in [0.29, 0.717) is 6.04 Å². The van der Waals surface area contributed by atoms with Gasteiger partial charge in [0.25, 0.3) is 0 Å². The second kappa shape index (κ2) is 6.23. The average Bonchev–Trinajstić information content (AvgIpc) is 2.76. The smallest absolute Gasteiger partial charge is 0.0594 e. The molecular formula is C15H21ClN2O. The van der Waals surface area contributed by atoms with Crippen LogP contribution < -0.4 is 5.32 Å². The molecular weight excluding hydrogens is 260 g/mol. The maximum atomic E-state index is 6.47. The number of rotatable bonds is 4. The molecule has 1 aromatic carbocycles. The van der Waals surface area contributed by atoms with Crippen molar-refractivity contribution in [2.75, 3.05) is 39.4 Å². The minimum absolute atomic E-state index is 0.182. The van der Waals surface area contributed by atoms with Crippen LogP contribution in [0.2, 0.25) is 0 Å². The molecule has 4 heteroatoms. The predicted octanol–water partition coefficient (Wildman–Crippen LogP) is 1.81. The van der Waals surface area contributed by atoms with E-state index in [1.165, 1.54) is 11.1 Å². The molecule has 104 valence electrons. The minimum atomic E-state index is 0.182. The summed E-state index contributed by atoms with van der Waals surface area (Å²) in [6, 6.07) is 8.89. The zero-order chi connectivity index (χ0) is 13.1. The molecule has 3 rings (SSSR count). The Morgan fingerprint density at radius 1 is 1.26 bits per heavy atom. The quantitative estimate of drug-likeness (QED) is 0.852. The maximum Gasteiger partial charge on any atom is 0.0594 e. The van der Waals surface area contributed by atoms with E-state index in [9.17, 15) is 0 Å². The van der Waals surface area contributed by atoms with Crippen molar-refractivity contribution in [2.45, 2.75) is 17.8 Å². The van der Waals surface area contributed by atoms with E-state index in [1.54, 1.807) is 0 Å². The molecule has 19 heavy (non-hydrogen) atoms. The number of morpholine rings is 1. The van der Waals surface area contributed by atoms with E-state index in [2.05, 4.69) is 34.5 Å². The van der Waals surface area contributed by atoms with Gasteiger partial charge in [0.2, 0.25) is 0 Å². The standard InChI is InChI=1S/C15H21ClN2O/c16-14-11-12-3-1-2-4-13(12)15(14)17-5-6-18-7-9-19-10-8-18/h1-4,14-15,17H,5-11H2. The predicted molar refractivity (Wildman–Crippen MR) is 77.8 cm³/mol. The highest BCUT2D eigenvalue weighted by atomic mass is 35.5. The Labute approximate surface area is 119 Å². The van der Waals surface area contributed by atoms with Gasteiger partial charge < -0.3 is 10.1 Å². The van der Waals surface area contributed by atoms with Gasteiger partial charge in [-0.3, -0.25) is 4.90 Å². The van der Waals surface area contributed by atoms with Crippen LogP contribution in [-0.2, 0) is 11.2 Å². The molecule has 2 aliphatic rings. The van der Waals surface area contributed by atoms with Gasteiger partial charge in [-0.15, -0.1) is 11.6 Å². The zero-order valence-corrected chi connectivity index (χ0v) is 11.9. The molecule has 0 radical (unpaired) electrons. The zero-order valence-electron chi connectivity index (χ0n) is 11.1. The molecule has 1 aliphatic heterocycles. The van der Waals surface area contributed by atoms with Gasteiger partial charge in [-0.2, -0.15) is 0 Å². The van der Waals surface area contributed by atoms with Crippen molar-refractivity contribution in [3.05, 3.63) is 35.4 Å². The Balaban J connectivity index is 1.52. The highest BCUT2D eigenvalue weighted by Crippen LogP contribution is 2.34. The van der Waals surface area contributed by atoms with Crippen molar-refractivity contribution in [3.63, 3.8) is 0 Å². The first-order valence-corrected chi connectivity index (χ1v) is 7.53. The topological polar surface area (TPSA) is 24.5 Å². The van der Waals surface area contributed by atoms with Gasteiger partial charge in [-0.05, 0) is 17.5 Å². The van der Waals surface area contributed by atoms with E-state index in [4.69, 9.17) is 16.3 Å². The molecule has 0 saturated carbocycles. The molecule has 1 fully saturated rings. The van der Waals surface area contributed by atoms with E-state index >= 15 is 0 Å². The number of hydrogen-bond donors (Lipinski definition) is 1. The first-order chi connectivity index (χ1) is 9.34. The number of benzene rings is 1. The number of hydrogen-bond acceptors (Lipinski definition) is 3. The van der Waals surface area contributed by atoms with Gasteiger partial charge in [0, 0.05) is 32.2 Å². The second-order valence-corrected chi connectivity index (χ2v) is 5.87. The van der Waals surface area contributed by atoms with E-state index in [0.717, 1.165) is 45.8 Å². The van der Waals surface area contributed by atoms with E-state index in [1.807, 2.05) is 0 Å². The van der Waals surface area contributed by atoms with Crippen molar-refractivity contribution in [1.29, 1.82) is 0 Å². The van der Waals surface area contributed by atoms with Crippen LogP contribution in [0.3, 0.4) is 0 Å². The summed E-state index contributed by atoms with van der Waals surface area (Å²) < 4.78 is 5.36. The van der Waals surface area contributed by atoms with E-state index < -0.39 is 0 Å². The monoisotopic (exact) mass is 280 g/mol. The Bertz CT molecular complexity index is 420. The molecule has 2 atom stereocenters. The molecule has 3 nitrogen and oxygen atoms in total. The number of fused-ring (bicyclic) bond motifs is 1. The number of ether oxygens (including phenoxy) is 1. The van der Waals surface area contributed by atoms with Gasteiger partial charge >= 0.3 is 0 Å². The molecule has 0 bridgehead atoms. The summed E-state index contributed by atoms with van der Waals surface area (Å²) in [5, 5.41) is 3.80. The molecule has 0 aromatic heterocycles. The Morgan fingerprint density at radius 2 is 2.05 bits per heavy atom. The van der Waals surface area contributed by atoms with Crippen LogP contribution in [0.4, 0.5) is 0 Å². The van der Waals surface area contributed by atoms with Crippen LogP contribution >= 0.6 is 11.6 Å². The van der Waals surface area contributed by atoms with Crippen LogP contribution in [0, 0.1) is 0 Å². The summed E-state index contributed by atoms with van der Waals surface area (Å²) in [6.45, 7) is 5.89. The molecule has 1 saturated heterocycles. The molecule has 1 aliphatic carbocycles. The summed E-state index contributed by atoms with van der Waals surface area (Å²) in [5.74, 6) is 0. The fourth-order valence-corrected chi connectivity index (χ4v) is 3.38. The average molecular weight is 281 g/mol. The third-order valence-electron chi connectivity index (χ3n) is 4.06. The van der Waals surface area contributed by atoms with E-state index in [-0.39, 0.29) is 5.38 Å². The normalized spacial score (nSPS) is 27.4. The molecule has 0 spiro atoms. The first-order valence-electron chi connectivity index (χ1n) is 7.10. The molecule has 1 aromatic rings. The highest BCUT2D eigenvalue weighted by molar-refractivity contribution is 6.21. The van der Waals surface area contributed by atoms with Crippen molar-refractivity contribution in [3.8, 4) is 0 Å². The lowest BCUT2D eigenvalue weighted by Crippen LogP contribution is -2.41. The third kappa shape index (κ3) is 3.11. The fraction of sp³-hybridized carbons (Fsp3) is 0.600. The molecule has 0 amide bonds. The maximum absolute atomic E-state index is 6.47. The van der Waals surface area contributed by atoms with Crippen LogP contribution in [0.15, 0.2) is 24.3 Å². The summed E-state index contributed by atoms with van der Waals surface area (Å²) in [4.78, 5) is 2.45. The van der Waals surface area contributed by atoms with Gasteiger partial charge in [0.1, 0.15) is 0 Å². The van der Waals surface area contributed by atoms with Crippen molar-refractivity contribution in [1.82, 2.24) is 10.2 Å².